The van der Waals surface area contributed by atoms with E-state index in [1.165, 1.54) is 25.7 Å². The summed E-state index contributed by atoms with van der Waals surface area (Å²) in [5.74, 6) is -1.25. The molecule has 0 aliphatic rings. The van der Waals surface area contributed by atoms with Crippen LogP contribution in [0.4, 0.5) is 0 Å². The Morgan fingerprint density at radius 3 is 2.05 bits per heavy atom. The van der Waals surface area contributed by atoms with Gasteiger partial charge in [0.05, 0.1) is 6.61 Å². The minimum atomic E-state index is -0.981. The first kappa shape index (κ1) is 19.8. The number of carboxylic acid groups (broad SMARTS) is 1. The number of carbonyl (C=O) groups excluding carboxylic acids is 1. The standard InChI is InChI=1S/C12H22O2.C3H4O2/c1-4-5-6-7-8-9-10-14-12(13)11(2)3;1-2-3(4)5/h2,4-10H2,1,3H3;2H,1H2,(H,4,5). The Morgan fingerprint density at radius 2 is 1.63 bits per heavy atom. The number of rotatable bonds is 9. The zero-order valence-corrected chi connectivity index (χ0v) is 12.1. The predicted octanol–water partition coefficient (Wildman–Crippen LogP) is 3.72. The van der Waals surface area contributed by atoms with E-state index in [2.05, 4.69) is 20.1 Å². The highest BCUT2D eigenvalue weighted by atomic mass is 16.5. The van der Waals surface area contributed by atoms with Crippen LogP contribution >= 0.6 is 0 Å². The van der Waals surface area contributed by atoms with Crippen LogP contribution in [0.2, 0.25) is 0 Å². The van der Waals surface area contributed by atoms with Gasteiger partial charge in [0.25, 0.3) is 0 Å². The molecule has 0 spiro atoms. The summed E-state index contributed by atoms with van der Waals surface area (Å²) in [6.45, 7) is 10.9. The molecule has 0 radical (unpaired) electrons. The minimum absolute atomic E-state index is 0.265. The number of hydrogen-bond donors (Lipinski definition) is 1. The maximum Gasteiger partial charge on any atom is 0.333 e. The summed E-state index contributed by atoms with van der Waals surface area (Å²) in [5, 5.41) is 7.60. The Kier molecular flexibility index (Phi) is 15.1. The SMILES string of the molecule is C=C(C)C(=O)OCCCCCCCC.C=CC(=O)O. The minimum Gasteiger partial charge on any atom is -0.478 e. The van der Waals surface area contributed by atoms with Gasteiger partial charge in [-0.15, -0.1) is 0 Å². The van der Waals surface area contributed by atoms with Gasteiger partial charge < -0.3 is 9.84 Å². The molecule has 4 heteroatoms. The van der Waals surface area contributed by atoms with Gasteiger partial charge in [-0.2, -0.15) is 0 Å². The fourth-order valence-electron chi connectivity index (χ4n) is 1.17. The van der Waals surface area contributed by atoms with Crippen LogP contribution in [0.15, 0.2) is 24.8 Å². The lowest BCUT2D eigenvalue weighted by molar-refractivity contribution is -0.139. The molecular formula is C15H26O4. The maximum absolute atomic E-state index is 11.0. The highest BCUT2D eigenvalue weighted by Gasteiger charge is 2.01. The van der Waals surface area contributed by atoms with Crippen molar-refractivity contribution in [1.29, 1.82) is 0 Å². The van der Waals surface area contributed by atoms with Crippen molar-refractivity contribution in [2.45, 2.75) is 52.4 Å². The zero-order chi connectivity index (χ0) is 15.1. The molecule has 0 amide bonds. The molecule has 4 nitrogen and oxygen atoms in total. The molecular weight excluding hydrogens is 244 g/mol. The van der Waals surface area contributed by atoms with Crippen LogP contribution in [0.25, 0.3) is 0 Å². The second-order valence-electron chi connectivity index (χ2n) is 4.23. The van der Waals surface area contributed by atoms with Gasteiger partial charge in [0.1, 0.15) is 0 Å². The molecule has 0 heterocycles. The first-order chi connectivity index (χ1) is 8.95. The summed E-state index contributed by atoms with van der Waals surface area (Å²) in [7, 11) is 0. The highest BCUT2D eigenvalue weighted by Crippen LogP contribution is 2.05. The van der Waals surface area contributed by atoms with Crippen molar-refractivity contribution in [1.82, 2.24) is 0 Å². The maximum atomic E-state index is 11.0. The van der Waals surface area contributed by atoms with Crippen LogP contribution in [0, 0.1) is 0 Å². The van der Waals surface area contributed by atoms with Crippen LogP contribution in [-0.4, -0.2) is 23.7 Å². The largest absolute Gasteiger partial charge is 0.478 e. The smallest absolute Gasteiger partial charge is 0.333 e. The molecule has 0 saturated carbocycles. The van der Waals surface area contributed by atoms with Gasteiger partial charge in [0, 0.05) is 11.6 Å². The lowest BCUT2D eigenvalue weighted by atomic mass is 10.1. The topological polar surface area (TPSA) is 63.6 Å². The van der Waals surface area contributed by atoms with Gasteiger partial charge in [-0.25, -0.2) is 9.59 Å². The average molecular weight is 270 g/mol. The molecule has 19 heavy (non-hydrogen) atoms. The van der Waals surface area contributed by atoms with Crippen molar-refractivity contribution in [2.75, 3.05) is 6.61 Å². The molecule has 0 fully saturated rings. The van der Waals surface area contributed by atoms with Crippen molar-refractivity contribution in [3.63, 3.8) is 0 Å². The van der Waals surface area contributed by atoms with Crippen LogP contribution in [0.3, 0.4) is 0 Å². The Labute approximate surface area is 116 Å². The van der Waals surface area contributed by atoms with Gasteiger partial charge >= 0.3 is 11.9 Å². The van der Waals surface area contributed by atoms with Crippen molar-refractivity contribution < 1.29 is 19.4 Å². The third-order valence-electron chi connectivity index (χ3n) is 2.25. The first-order valence-corrected chi connectivity index (χ1v) is 6.63. The lowest BCUT2D eigenvalue weighted by Gasteiger charge is -2.03. The molecule has 1 N–H and O–H groups in total. The van der Waals surface area contributed by atoms with E-state index >= 15 is 0 Å². The molecule has 0 aromatic rings. The monoisotopic (exact) mass is 270 g/mol. The van der Waals surface area contributed by atoms with E-state index in [-0.39, 0.29) is 5.97 Å². The van der Waals surface area contributed by atoms with Crippen LogP contribution in [0.5, 0.6) is 0 Å². The number of aliphatic carboxylic acids is 1. The van der Waals surface area contributed by atoms with Crippen molar-refractivity contribution >= 4 is 11.9 Å². The normalized spacial score (nSPS) is 8.95. The molecule has 0 atom stereocenters. The number of esters is 1. The van der Waals surface area contributed by atoms with Gasteiger partial charge in [-0.3, -0.25) is 0 Å². The molecule has 0 rings (SSSR count). The second kappa shape index (κ2) is 14.5. The van der Waals surface area contributed by atoms with Crippen LogP contribution in [0.1, 0.15) is 52.4 Å². The molecule has 0 aromatic heterocycles. The number of carbonyl (C=O) groups is 2. The van der Waals surface area contributed by atoms with E-state index in [1.807, 2.05) is 0 Å². The van der Waals surface area contributed by atoms with E-state index in [1.54, 1.807) is 6.92 Å². The fourth-order valence-corrected chi connectivity index (χ4v) is 1.17. The van der Waals surface area contributed by atoms with Gasteiger partial charge in [-0.05, 0) is 13.3 Å². The number of hydrogen-bond acceptors (Lipinski definition) is 3. The van der Waals surface area contributed by atoms with Crippen LogP contribution in [-0.2, 0) is 14.3 Å². The summed E-state index contributed by atoms with van der Waals surface area (Å²) >= 11 is 0. The van der Waals surface area contributed by atoms with E-state index in [9.17, 15) is 9.59 Å². The number of carboxylic acids is 1. The molecule has 0 saturated heterocycles. The van der Waals surface area contributed by atoms with Crippen molar-refractivity contribution in [3.05, 3.63) is 24.8 Å². The van der Waals surface area contributed by atoms with E-state index in [4.69, 9.17) is 9.84 Å². The fraction of sp³-hybridized carbons (Fsp3) is 0.600. The van der Waals surface area contributed by atoms with Crippen molar-refractivity contribution in [2.24, 2.45) is 0 Å². The first-order valence-electron chi connectivity index (χ1n) is 6.63. The number of unbranched alkanes of at least 4 members (excludes halogenated alkanes) is 5. The molecule has 0 aliphatic heterocycles. The quantitative estimate of drug-likeness (QED) is 0.394. The summed E-state index contributed by atoms with van der Waals surface area (Å²) in [4.78, 5) is 20.2. The van der Waals surface area contributed by atoms with E-state index < -0.39 is 5.97 Å². The molecule has 0 aromatic carbocycles. The summed E-state index contributed by atoms with van der Waals surface area (Å²) < 4.78 is 4.97. The Balaban J connectivity index is 0. The van der Waals surface area contributed by atoms with Crippen LogP contribution < -0.4 is 0 Å². The highest BCUT2D eigenvalue weighted by molar-refractivity contribution is 5.86. The Morgan fingerprint density at radius 1 is 1.16 bits per heavy atom. The average Bonchev–Trinajstić information content (AvgIpc) is 2.38. The molecule has 0 bridgehead atoms. The van der Waals surface area contributed by atoms with Gasteiger partial charge in [-0.1, -0.05) is 52.2 Å². The van der Waals surface area contributed by atoms with E-state index in [0.717, 1.165) is 18.9 Å². The third kappa shape index (κ3) is 19.0. The lowest BCUT2D eigenvalue weighted by Crippen LogP contribution is -2.05. The molecule has 0 unspecified atom stereocenters. The molecule has 110 valence electrons. The third-order valence-corrected chi connectivity index (χ3v) is 2.25. The van der Waals surface area contributed by atoms with E-state index in [0.29, 0.717) is 12.2 Å². The van der Waals surface area contributed by atoms with Gasteiger partial charge in [0.15, 0.2) is 0 Å². The summed E-state index contributed by atoms with van der Waals surface area (Å²) in [5.41, 5.74) is 0.482. The second-order valence-corrected chi connectivity index (χ2v) is 4.23. The Bertz CT molecular complexity index is 282. The summed E-state index contributed by atoms with van der Waals surface area (Å²) in [6.07, 6.45) is 8.09. The zero-order valence-electron chi connectivity index (χ0n) is 12.1. The summed E-state index contributed by atoms with van der Waals surface area (Å²) in [6, 6.07) is 0. The van der Waals surface area contributed by atoms with Crippen molar-refractivity contribution in [3.8, 4) is 0 Å². The predicted molar refractivity (Wildman–Crippen MR) is 77.0 cm³/mol. The van der Waals surface area contributed by atoms with Gasteiger partial charge in [0.2, 0.25) is 0 Å². The Hall–Kier alpha value is -1.58. The molecule has 0 aliphatic carbocycles. The number of ether oxygens (including phenoxy) is 1.